The van der Waals surface area contributed by atoms with E-state index in [1.807, 2.05) is 0 Å². The van der Waals surface area contributed by atoms with Crippen LogP contribution in [-0.2, 0) is 28.5 Å². The summed E-state index contributed by atoms with van der Waals surface area (Å²) < 4.78 is 22.1. The predicted octanol–water partition coefficient (Wildman–Crippen LogP) is 1.90. The summed E-state index contributed by atoms with van der Waals surface area (Å²) in [5.74, 6) is -3.02. The molecule has 33 heavy (non-hydrogen) atoms. The Morgan fingerprint density at radius 3 is 2.39 bits per heavy atom. The predicted molar refractivity (Wildman–Crippen MR) is 118 cm³/mol. The molecule has 2 aliphatic heterocycles. The van der Waals surface area contributed by atoms with Crippen molar-refractivity contribution in [2.45, 2.75) is 38.1 Å². The number of carbonyl (C=O) groups excluding carboxylic acids is 4. The first-order valence-electron chi connectivity index (χ1n) is 10.5. The summed E-state index contributed by atoms with van der Waals surface area (Å²) in [5, 5.41) is 2.51. The van der Waals surface area contributed by atoms with Crippen molar-refractivity contribution in [3.05, 3.63) is 34.3 Å². The van der Waals surface area contributed by atoms with E-state index >= 15 is 0 Å². The van der Waals surface area contributed by atoms with Gasteiger partial charge in [0, 0.05) is 16.5 Å². The summed E-state index contributed by atoms with van der Waals surface area (Å²) in [5.41, 5.74) is 0.395. The number of esters is 1. The molecule has 2 unspecified atom stereocenters. The molecule has 2 amide bonds. The topological polar surface area (TPSA) is 120 Å². The highest BCUT2D eigenvalue weighted by molar-refractivity contribution is 9.10. The van der Waals surface area contributed by atoms with E-state index < -0.39 is 42.4 Å². The van der Waals surface area contributed by atoms with Crippen molar-refractivity contribution in [2.24, 2.45) is 5.92 Å². The molecule has 0 saturated carbocycles. The standard InChI is InChI=1S/C22H27BrN2O8/c1-13(2)18(24-21(29)30-3)19(27)25-12-22(32-8-9-33-22)10-16(25)20(28)31-11-17(26)14-4-6-15(23)7-5-14/h4-7,13,16,18H,8-12H2,1-3H3,(H,24,29). The summed E-state index contributed by atoms with van der Waals surface area (Å²) >= 11 is 3.30. The average Bonchev–Trinajstić information content (AvgIpc) is 3.42. The number of likely N-dealkylation sites (tertiary alicyclic amines) is 1. The first-order chi connectivity index (χ1) is 15.7. The first-order valence-corrected chi connectivity index (χ1v) is 11.3. The quantitative estimate of drug-likeness (QED) is 0.422. The van der Waals surface area contributed by atoms with Crippen molar-refractivity contribution in [1.82, 2.24) is 10.2 Å². The maximum absolute atomic E-state index is 13.4. The number of nitrogens with zero attached hydrogens (tertiary/aromatic N) is 1. The van der Waals surface area contributed by atoms with Gasteiger partial charge in [-0.1, -0.05) is 41.9 Å². The fraction of sp³-hybridized carbons (Fsp3) is 0.545. The first kappa shape index (κ1) is 25.1. The largest absolute Gasteiger partial charge is 0.456 e. The van der Waals surface area contributed by atoms with Crippen LogP contribution in [0.25, 0.3) is 0 Å². The van der Waals surface area contributed by atoms with E-state index in [1.165, 1.54) is 12.0 Å². The van der Waals surface area contributed by atoms with Crippen molar-refractivity contribution in [3.8, 4) is 0 Å². The minimum absolute atomic E-state index is 0.00166. The van der Waals surface area contributed by atoms with Crippen molar-refractivity contribution >= 4 is 39.7 Å². The number of alkyl carbamates (subject to hydrolysis) is 1. The molecule has 2 fully saturated rings. The third-order valence-corrected chi connectivity index (χ3v) is 6.09. The summed E-state index contributed by atoms with van der Waals surface area (Å²) in [6.07, 6.45) is -0.698. The van der Waals surface area contributed by atoms with Gasteiger partial charge in [-0.2, -0.15) is 0 Å². The van der Waals surface area contributed by atoms with Crippen LogP contribution in [0.2, 0.25) is 0 Å². The number of halogens is 1. The van der Waals surface area contributed by atoms with Gasteiger partial charge in [0.05, 0.1) is 26.9 Å². The van der Waals surface area contributed by atoms with Crippen LogP contribution >= 0.6 is 15.9 Å². The molecule has 3 rings (SSSR count). The number of ether oxygens (including phenoxy) is 4. The molecule has 0 aromatic heterocycles. The zero-order chi connectivity index (χ0) is 24.2. The lowest BCUT2D eigenvalue weighted by molar-refractivity contribution is -0.153. The molecule has 1 spiro atoms. The number of Topliss-reactive ketones (excluding diaryl/α,β-unsaturated/α-hetero) is 1. The summed E-state index contributed by atoms with van der Waals surface area (Å²) in [6.45, 7) is 3.72. The minimum atomic E-state index is -1.12. The van der Waals surface area contributed by atoms with Gasteiger partial charge in [0.25, 0.3) is 0 Å². The second kappa shape index (κ2) is 10.6. The number of methoxy groups -OCH3 is 1. The molecule has 2 atom stereocenters. The minimum Gasteiger partial charge on any atom is -0.456 e. The smallest absolute Gasteiger partial charge is 0.407 e. The maximum Gasteiger partial charge on any atom is 0.407 e. The Labute approximate surface area is 200 Å². The summed E-state index contributed by atoms with van der Waals surface area (Å²) in [4.78, 5) is 51.8. The number of rotatable bonds is 7. The fourth-order valence-electron chi connectivity index (χ4n) is 3.82. The molecule has 1 aromatic carbocycles. The molecule has 1 aromatic rings. The van der Waals surface area contributed by atoms with Gasteiger partial charge >= 0.3 is 12.1 Å². The molecule has 2 heterocycles. The Hall–Kier alpha value is -2.50. The Balaban J connectivity index is 1.74. The van der Waals surface area contributed by atoms with Crippen LogP contribution in [0.15, 0.2) is 28.7 Å². The van der Waals surface area contributed by atoms with Gasteiger partial charge in [0.2, 0.25) is 5.91 Å². The zero-order valence-electron chi connectivity index (χ0n) is 18.7. The number of hydrogen-bond acceptors (Lipinski definition) is 8. The molecular formula is C22H27BrN2O8. The second-order valence-corrected chi connectivity index (χ2v) is 9.10. The van der Waals surface area contributed by atoms with Gasteiger partial charge in [0.1, 0.15) is 12.1 Å². The van der Waals surface area contributed by atoms with Crippen LogP contribution in [0.4, 0.5) is 4.79 Å². The van der Waals surface area contributed by atoms with Gasteiger partial charge < -0.3 is 29.2 Å². The number of benzene rings is 1. The number of carbonyl (C=O) groups is 4. The van der Waals surface area contributed by atoms with Crippen molar-refractivity contribution in [3.63, 3.8) is 0 Å². The maximum atomic E-state index is 13.4. The van der Waals surface area contributed by atoms with E-state index in [0.29, 0.717) is 18.8 Å². The van der Waals surface area contributed by atoms with Crippen molar-refractivity contribution < 1.29 is 38.1 Å². The fourth-order valence-corrected chi connectivity index (χ4v) is 4.08. The average molecular weight is 527 g/mol. The van der Waals surface area contributed by atoms with E-state index in [2.05, 4.69) is 26.0 Å². The van der Waals surface area contributed by atoms with Gasteiger partial charge in [-0.25, -0.2) is 9.59 Å². The molecular weight excluding hydrogens is 500 g/mol. The van der Waals surface area contributed by atoms with Crippen LogP contribution in [0.1, 0.15) is 30.6 Å². The SMILES string of the molecule is COC(=O)NC(C(=O)N1CC2(CC1C(=O)OCC(=O)c1ccc(Br)cc1)OCCO2)C(C)C. The molecule has 0 bridgehead atoms. The lowest BCUT2D eigenvalue weighted by Crippen LogP contribution is -2.54. The Bertz CT molecular complexity index is 898. The Morgan fingerprint density at radius 2 is 1.82 bits per heavy atom. The Morgan fingerprint density at radius 1 is 1.18 bits per heavy atom. The Kier molecular flexibility index (Phi) is 8.09. The normalized spacial score (nSPS) is 20.0. The van der Waals surface area contributed by atoms with Gasteiger partial charge in [-0.3, -0.25) is 9.59 Å². The zero-order valence-corrected chi connectivity index (χ0v) is 20.3. The van der Waals surface area contributed by atoms with Gasteiger partial charge in [0.15, 0.2) is 18.2 Å². The van der Waals surface area contributed by atoms with E-state index in [1.54, 1.807) is 38.1 Å². The lowest BCUT2D eigenvalue weighted by Gasteiger charge is -2.29. The highest BCUT2D eigenvalue weighted by atomic mass is 79.9. The van der Waals surface area contributed by atoms with Crippen LogP contribution in [0.3, 0.4) is 0 Å². The third kappa shape index (κ3) is 5.90. The molecule has 180 valence electrons. The highest BCUT2D eigenvalue weighted by Crippen LogP contribution is 2.36. The lowest BCUT2D eigenvalue weighted by atomic mass is 10.0. The van der Waals surface area contributed by atoms with E-state index in [4.69, 9.17) is 14.2 Å². The molecule has 1 N–H and O–H groups in total. The number of hydrogen-bond donors (Lipinski definition) is 1. The summed E-state index contributed by atoms with van der Waals surface area (Å²) in [6, 6.07) is 4.69. The second-order valence-electron chi connectivity index (χ2n) is 8.19. The highest BCUT2D eigenvalue weighted by Gasteiger charge is 2.54. The van der Waals surface area contributed by atoms with Crippen molar-refractivity contribution in [1.29, 1.82) is 0 Å². The van der Waals surface area contributed by atoms with Gasteiger partial charge in [-0.15, -0.1) is 0 Å². The molecule has 0 radical (unpaired) electrons. The molecule has 2 saturated heterocycles. The molecule has 0 aliphatic carbocycles. The third-order valence-electron chi connectivity index (χ3n) is 5.56. The van der Waals surface area contributed by atoms with Crippen LogP contribution in [0.5, 0.6) is 0 Å². The van der Waals surface area contributed by atoms with Crippen LogP contribution in [-0.4, -0.2) is 80.0 Å². The van der Waals surface area contributed by atoms with Gasteiger partial charge in [-0.05, 0) is 18.1 Å². The van der Waals surface area contributed by atoms with E-state index in [-0.39, 0.29) is 24.7 Å². The molecule has 10 nitrogen and oxygen atoms in total. The number of nitrogens with one attached hydrogen (secondary N) is 1. The monoisotopic (exact) mass is 526 g/mol. The molecule has 2 aliphatic rings. The van der Waals surface area contributed by atoms with Crippen LogP contribution < -0.4 is 5.32 Å². The van der Waals surface area contributed by atoms with E-state index in [9.17, 15) is 19.2 Å². The molecule has 11 heteroatoms. The summed E-state index contributed by atoms with van der Waals surface area (Å²) in [7, 11) is 1.20. The van der Waals surface area contributed by atoms with Crippen LogP contribution in [0, 0.1) is 5.92 Å². The van der Waals surface area contributed by atoms with Crippen molar-refractivity contribution in [2.75, 3.05) is 33.5 Å². The number of amides is 2. The van der Waals surface area contributed by atoms with E-state index in [0.717, 1.165) is 4.47 Å². The number of ketones is 1.